The third-order valence-corrected chi connectivity index (χ3v) is 5.82. The summed E-state index contributed by atoms with van der Waals surface area (Å²) in [6.45, 7) is 0.288. The van der Waals surface area contributed by atoms with Crippen LogP contribution in [-0.4, -0.2) is 47.2 Å². The Labute approximate surface area is 194 Å². The number of nitro benzene ring substituents is 1. The van der Waals surface area contributed by atoms with Crippen LogP contribution in [0, 0.1) is 10.1 Å². The molecule has 0 spiro atoms. The van der Waals surface area contributed by atoms with Crippen LogP contribution in [0.5, 0.6) is 0 Å². The summed E-state index contributed by atoms with van der Waals surface area (Å²) < 4.78 is 90.6. The fourth-order valence-electron chi connectivity index (χ4n) is 3.63. The molecule has 1 heterocycles. The zero-order valence-electron chi connectivity index (χ0n) is 17.7. The second-order valence-corrected chi connectivity index (χ2v) is 9.31. The first-order chi connectivity index (χ1) is 16.1. The molecule has 2 aromatic rings. The molecule has 1 aliphatic heterocycles. The zero-order chi connectivity index (χ0) is 26.2. The number of halogens is 6. The Morgan fingerprint density at radius 1 is 0.971 bits per heavy atom. The number of nitrogens with one attached hydrogen (secondary N) is 1. The summed E-state index contributed by atoms with van der Waals surface area (Å²) in [4.78, 5) is 31.6. The highest BCUT2D eigenvalue weighted by molar-refractivity contribution is 7.51. The van der Waals surface area contributed by atoms with Gasteiger partial charge in [-0.25, -0.2) is 0 Å². The molecule has 0 radical (unpaired) electrons. The number of rotatable bonds is 6. The molecule has 1 fully saturated rings. The van der Waals surface area contributed by atoms with Crippen molar-refractivity contribution in [3.63, 3.8) is 0 Å². The van der Waals surface area contributed by atoms with Crippen LogP contribution in [0.4, 0.5) is 49.1 Å². The number of piperazine rings is 1. The maximum atomic E-state index is 13.5. The fraction of sp³-hybridized carbons (Fsp3) is 0.368. The molecular formula is C19H19F6N4O5P. The fourth-order valence-corrected chi connectivity index (χ4v) is 4.01. The van der Waals surface area contributed by atoms with E-state index in [1.807, 2.05) is 5.32 Å². The highest BCUT2D eigenvalue weighted by Gasteiger charge is 2.38. The van der Waals surface area contributed by atoms with E-state index in [1.54, 1.807) is 4.90 Å². The topological polar surface area (TPSA) is 119 Å². The van der Waals surface area contributed by atoms with Gasteiger partial charge in [0.1, 0.15) is 12.0 Å². The summed E-state index contributed by atoms with van der Waals surface area (Å²) in [5.74, 6) is 0. The van der Waals surface area contributed by atoms with E-state index in [1.165, 1.54) is 17.0 Å². The van der Waals surface area contributed by atoms with Gasteiger partial charge in [-0.15, -0.1) is 0 Å². The number of hydrogen-bond donors (Lipinski definition) is 3. The molecule has 0 unspecified atom stereocenters. The van der Waals surface area contributed by atoms with E-state index in [2.05, 4.69) is 0 Å². The van der Waals surface area contributed by atoms with Gasteiger partial charge in [0.15, 0.2) is 0 Å². The summed E-state index contributed by atoms with van der Waals surface area (Å²) in [6, 6.07) is 5.67. The number of hydrogen-bond acceptors (Lipinski definition) is 6. The van der Waals surface area contributed by atoms with Gasteiger partial charge < -0.3 is 24.9 Å². The molecule has 3 N–H and O–H groups in total. The Balaban J connectivity index is 1.90. The van der Waals surface area contributed by atoms with Crippen LogP contribution in [0.1, 0.15) is 11.1 Å². The van der Waals surface area contributed by atoms with Gasteiger partial charge in [0, 0.05) is 43.6 Å². The van der Waals surface area contributed by atoms with Gasteiger partial charge in [-0.05, 0) is 24.3 Å². The van der Waals surface area contributed by atoms with E-state index >= 15 is 0 Å². The Bertz CT molecular complexity index is 1150. The largest absolute Gasteiger partial charge is 0.418 e. The molecule has 35 heavy (non-hydrogen) atoms. The van der Waals surface area contributed by atoms with E-state index in [9.17, 15) is 41.0 Å². The van der Waals surface area contributed by atoms with Crippen molar-refractivity contribution in [3.05, 3.63) is 57.6 Å². The van der Waals surface area contributed by atoms with Crippen molar-refractivity contribution < 1.29 is 45.6 Å². The lowest BCUT2D eigenvalue weighted by Crippen LogP contribution is -2.46. The van der Waals surface area contributed by atoms with Gasteiger partial charge in [0.25, 0.3) is 5.69 Å². The first-order valence-corrected chi connectivity index (χ1v) is 11.7. The Morgan fingerprint density at radius 3 is 2.09 bits per heavy atom. The Kier molecular flexibility index (Phi) is 7.25. The highest BCUT2D eigenvalue weighted by Crippen LogP contribution is 2.44. The summed E-state index contributed by atoms with van der Waals surface area (Å²) in [5, 5.41) is 13.5. The quantitative estimate of drug-likeness (QED) is 0.217. The molecule has 0 saturated carbocycles. The molecule has 192 valence electrons. The van der Waals surface area contributed by atoms with Crippen LogP contribution in [0.2, 0.25) is 0 Å². The van der Waals surface area contributed by atoms with E-state index in [-0.39, 0.29) is 43.6 Å². The number of nitro groups is 1. The third-order valence-electron chi connectivity index (χ3n) is 5.25. The number of nitrogens with zero attached hydrogens (tertiary/aromatic N) is 3. The average molecular weight is 528 g/mol. The minimum Gasteiger partial charge on any atom is -0.373 e. The maximum Gasteiger partial charge on any atom is 0.418 e. The van der Waals surface area contributed by atoms with Gasteiger partial charge in [-0.1, -0.05) is 6.07 Å². The summed E-state index contributed by atoms with van der Waals surface area (Å²) in [7, 11) is -4.75. The minimum atomic E-state index is -5.05. The predicted octanol–water partition coefficient (Wildman–Crippen LogP) is 4.51. The van der Waals surface area contributed by atoms with Crippen LogP contribution in [-0.2, 0) is 16.9 Å². The first kappa shape index (κ1) is 26.6. The van der Waals surface area contributed by atoms with Gasteiger partial charge >= 0.3 is 19.9 Å². The predicted molar refractivity (Wildman–Crippen MR) is 115 cm³/mol. The Hall–Kier alpha value is -3.03. The van der Waals surface area contributed by atoms with Crippen LogP contribution < -0.4 is 15.1 Å². The smallest absolute Gasteiger partial charge is 0.373 e. The van der Waals surface area contributed by atoms with E-state index < -0.39 is 53.7 Å². The molecule has 0 aromatic heterocycles. The molecule has 0 aliphatic carbocycles. The van der Waals surface area contributed by atoms with Crippen molar-refractivity contribution in [1.29, 1.82) is 0 Å². The molecule has 3 rings (SSSR count). The molecule has 1 saturated heterocycles. The first-order valence-electron chi connectivity index (χ1n) is 9.91. The lowest BCUT2D eigenvalue weighted by Gasteiger charge is -2.37. The normalized spacial score (nSPS) is 15.3. The van der Waals surface area contributed by atoms with Crippen molar-refractivity contribution in [2.24, 2.45) is 0 Å². The second-order valence-electron chi connectivity index (χ2n) is 7.66. The average Bonchev–Trinajstić information content (AvgIpc) is 2.75. The summed E-state index contributed by atoms with van der Waals surface area (Å²) >= 11 is 0. The number of benzene rings is 2. The zero-order valence-corrected chi connectivity index (χ0v) is 18.6. The summed E-state index contributed by atoms with van der Waals surface area (Å²) in [6.07, 6.45) is -10.7. The molecule has 2 aromatic carbocycles. The second kappa shape index (κ2) is 9.55. The van der Waals surface area contributed by atoms with Crippen LogP contribution >= 0.6 is 7.60 Å². The Morgan fingerprint density at radius 2 is 1.57 bits per heavy atom. The van der Waals surface area contributed by atoms with Gasteiger partial charge in [0.2, 0.25) is 0 Å². The highest BCUT2D eigenvalue weighted by atomic mass is 31.2. The van der Waals surface area contributed by atoms with E-state index in [0.29, 0.717) is 0 Å². The van der Waals surface area contributed by atoms with Crippen molar-refractivity contribution in [2.75, 3.05) is 47.6 Å². The molecule has 16 heteroatoms. The van der Waals surface area contributed by atoms with Crippen LogP contribution in [0.3, 0.4) is 0 Å². The van der Waals surface area contributed by atoms with Crippen molar-refractivity contribution in [3.8, 4) is 0 Å². The van der Waals surface area contributed by atoms with Crippen molar-refractivity contribution >= 4 is 30.3 Å². The molecule has 1 aliphatic rings. The van der Waals surface area contributed by atoms with E-state index in [0.717, 1.165) is 18.2 Å². The molecule has 0 amide bonds. The van der Waals surface area contributed by atoms with Crippen LogP contribution in [0.15, 0.2) is 36.4 Å². The molecule has 0 atom stereocenters. The SMILES string of the molecule is O=[N+]([O-])c1cc(C(F)(F)F)c(NCP(=O)(O)O)cc1N1CCN(c2cccc(C(F)(F)F)c2)CC1. The van der Waals surface area contributed by atoms with Crippen molar-refractivity contribution in [1.82, 2.24) is 0 Å². The monoisotopic (exact) mass is 528 g/mol. The van der Waals surface area contributed by atoms with Crippen molar-refractivity contribution in [2.45, 2.75) is 12.4 Å². The molecule has 9 nitrogen and oxygen atoms in total. The third kappa shape index (κ3) is 6.55. The molecular weight excluding hydrogens is 509 g/mol. The molecule has 0 bridgehead atoms. The maximum absolute atomic E-state index is 13.5. The van der Waals surface area contributed by atoms with Gasteiger partial charge in [0.05, 0.1) is 16.1 Å². The van der Waals surface area contributed by atoms with Gasteiger partial charge in [-0.2, -0.15) is 26.3 Å². The van der Waals surface area contributed by atoms with Crippen LogP contribution in [0.25, 0.3) is 0 Å². The summed E-state index contributed by atoms with van der Waals surface area (Å²) in [5.41, 5.74) is -3.89. The number of anilines is 3. The van der Waals surface area contributed by atoms with E-state index in [4.69, 9.17) is 9.79 Å². The van der Waals surface area contributed by atoms with Gasteiger partial charge in [-0.3, -0.25) is 14.7 Å². The standard InChI is InChI=1S/C19H19F6N4O5P/c20-18(21,22)12-2-1-3-13(8-12)27-4-6-28(7-5-27)16-10-15(26-11-35(32,33)34)14(19(23,24)25)9-17(16)29(30)31/h1-3,8-10,26H,4-7,11H2,(H2,32,33,34). The minimum absolute atomic E-state index is 0.0282. The lowest BCUT2D eigenvalue weighted by molar-refractivity contribution is -0.384. The lowest BCUT2D eigenvalue weighted by atomic mass is 10.1. The number of alkyl halides is 6.